The van der Waals surface area contributed by atoms with Crippen molar-refractivity contribution in [1.82, 2.24) is 0 Å². The summed E-state index contributed by atoms with van der Waals surface area (Å²) in [5.74, 6) is -8.58. The molecule has 181 valence electrons. The number of hydrogen-bond acceptors (Lipinski definition) is 1. The van der Waals surface area contributed by atoms with Crippen LogP contribution in [-0.4, -0.2) is 0 Å². The SMILES string of the molecule is CCCCCc1ccc(OC(F)(F)c2c(F)cc([O])c(-c3ccc(CC)c(F)c3F)c2F)cc1. The lowest BCUT2D eigenvalue weighted by molar-refractivity contribution is -0.189. The second-order valence-corrected chi connectivity index (χ2v) is 7.89. The van der Waals surface area contributed by atoms with Gasteiger partial charge >= 0.3 is 6.11 Å². The summed E-state index contributed by atoms with van der Waals surface area (Å²) in [7, 11) is 0. The van der Waals surface area contributed by atoms with E-state index in [0.717, 1.165) is 43.4 Å². The summed E-state index contributed by atoms with van der Waals surface area (Å²) < 4.78 is 92.5. The minimum atomic E-state index is -4.54. The zero-order chi connectivity index (χ0) is 25.0. The predicted octanol–water partition coefficient (Wildman–Crippen LogP) is 8.48. The molecule has 0 fully saturated rings. The van der Waals surface area contributed by atoms with Crippen molar-refractivity contribution in [3.63, 3.8) is 0 Å². The fourth-order valence-corrected chi connectivity index (χ4v) is 3.67. The molecule has 0 bridgehead atoms. The van der Waals surface area contributed by atoms with Crippen molar-refractivity contribution >= 4 is 0 Å². The smallest absolute Gasteiger partial charge is 0.429 e. The molecule has 3 aromatic carbocycles. The summed E-state index contributed by atoms with van der Waals surface area (Å²) >= 11 is 0. The van der Waals surface area contributed by atoms with Gasteiger partial charge in [0.05, 0.1) is 5.56 Å². The van der Waals surface area contributed by atoms with E-state index in [1.54, 1.807) is 19.1 Å². The van der Waals surface area contributed by atoms with Gasteiger partial charge in [-0.05, 0) is 42.5 Å². The highest BCUT2D eigenvalue weighted by atomic mass is 19.3. The van der Waals surface area contributed by atoms with Crippen LogP contribution < -0.4 is 4.74 Å². The first-order chi connectivity index (χ1) is 16.1. The Bertz CT molecular complexity index is 1160. The highest BCUT2D eigenvalue weighted by molar-refractivity contribution is 5.73. The second-order valence-electron chi connectivity index (χ2n) is 7.89. The van der Waals surface area contributed by atoms with Gasteiger partial charge in [0.1, 0.15) is 17.1 Å². The molecule has 1 radical (unpaired) electrons. The molecule has 0 saturated carbocycles. The molecule has 8 heteroatoms. The van der Waals surface area contributed by atoms with Crippen LogP contribution in [0, 0.1) is 23.3 Å². The van der Waals surface area contributed by atoms with Crippen LogP contribution in [0.1, 0.15) is 49.8 Å². The lowest BCUT2D eigenvalue weighted by Gasteiger charge is -2.21. The second kappa shape index (κ2) is 10.4. The quantitative estimate of drug-likeness (QED) is 0.223. The fourth-order valence-electron chi connectivity index (χ4n) is 3.67. The third-order valence-corrected chi connectivity index (χ3v) is 5.52. The molecule has 34 heavy (non-hydrogen) atoms. The minimum Gasteiger partial charge on any atom is -0.429 e. The molecule has 0 atom stereocenters. The minimum absolute atomic E-state index is 0.0525. The molecule has 0 saturated heterocycles. The zero-order valence-electron chi connectivity index (χ0n) is 18.7. The van der Waals surface area contributed by atoms with E-state index in [1.165, 1.54) is 12.1 Å². The number of ether oxygens (including phenoxy) is 1. The Morgan fingerprint density at radius 3 is 2.15 bits per heavy atom. The number of rotatable bonds is 9. The molecule has 3 rings (SSSR count). The Morgan fingerprint density at radius 1 is 0.853 bits per heavy atom. The summed E-state index contributed by atoms with van der Waals surface area (Å²) in [5.41, 5.74) is -3.13. The lowest BCUT2D eigenvalue weighted by Crippen LogP contribution is -2.25. The molecular weight excluding hydrogens is 458 g/mol. The van der Waals surface area contributed by atoms with Crippen molar-refractivity contribution in [1.29, 1.82) is 0 Å². The van der Waals surface area contributed by atoms with Crippen LogP contribution in [0.5, 0.6) is 11.5 Å². The van der Waals surface area contributed by atoms with Gasteiger partial charge in [-0.3, -0.25) is 5.11 Å². The van der Waals surface area contributed by atoms with Crippen LogP contribution >= 0.6 is 0 Å². The Balaban J connectivity index is 1.99. The van der Waals surface area contributed by atoms with Crippen LogP contribution in [0.15, 0.2) is 42.5 Å². The highest BCUT2D eigenvalue weighted by Crippen LogP contribution is 2.43. The highest BCUT2D eigenvalue weighted by Gasteiger charge is 2.43. The van der Waals surface area contributed by atoms with Crippen molar-refractivity contribution in [2.45, 2.75) is 52.1 Å². The molecule has 2 nitrogen and oxygen atoms in total. The summed E-state index contributed by atoms with van der Waals surface area (Å²) in [5, 5.41) is 12.2. The van der Waals surface area contributed by atoms with Gasteiger partial charge in [0.15, 0.2) is 23.2 Å². The number of hydrogen-bond donors (Lipinski definition) is 0. The molecule has 0 unspecified atom stereocenters. The third kappa shape index (κ3) is 5.16. The molecule has 0 N–H and O–H groups in total. The maximum atomic E-state index is 15.1. The molecule has 0 aliphatic heterocycles. The van der Waals surface area contributed by atoms with Crippen LogP contribution in [0.25, 0.3) is 11.1 Å². The van der Waals surface area contributed by atoms with E-state index in [1.807, 2.05) is 6.92 Å². The van der Waals surface area contributed by atoms with Crippen molar-refractivity contribution in [2.75, 3.05) is 0 Å². The maximum Gasteiger partial charge on any atom is 0.432 e. The zero-order valence-corrected chi connectivity index (χ0v) is 18.7. The molecule has 0 aliphatic rings. The Kier molecular flexibility index (Phi) is 7.79. The predicted molar refractivity (Wildman–Crippen MR) is 115 cm³/mol. The van der Waals surface area contributed by atoms with Gasteiger partial charge in [-0.25, -0.2) is 17.6 Å². The molecule has 0 heterocycles. The van der Waals surface area contributed by atoms with E-state index < -0.39 is 51.8 Å². The number of unbranched alkanes of at least 4 members (excludes halogenated alkanes) is 2. The third-order valence-electron chi connectivity index (χ3n) is 5.52. The molecule has 0 spiro atoms. The molecule has 3 aromatic rings. The topological polar surface area (TPSA) is 29.1 Å². The van der Waals surface area contributed by atoms with Gasteiger partial charge in [-0.1, -0.05) is 51.0 Å². The Hall–Kier alpha value is -3.16. The number of alkyl halides is 2. The molecule has 0 amide bonds. The van der Waals surface area contributed by atoms with Gasteiger partial charge in [-0.15, -0.1) is 0 Å². The largest absolute Gasteiger partial charge is 0.432 e. The van der Waals surface area contributed by atoms with Crippen LogP contribution in [0.3, 0.4) is 0 Å². The summed E-state index contributed by atoms with van der Waals surface area (Å²) in [6, 6.07) is 7.72. The van der Waals surface area contributed by atoms with E-state index in [-0.39, 0.29) is 23.8 Å². The van der Waals surface area contributed by atoms with Gasteiger partial charge in [0.25, 0.3) is 0 Å². The normalized spacial score (nSPS) is 11.6. The fraction of sp³-hybridized carbons (Fsp3) is 0.308. The monoisotopic (exact) mass is 481 g/mol. The van der Waals surface area contributed by atoms with Crippen LogP contribution in [0.2, 0.25) is 0 Å². The average Bonchev–Trinajstić information content (AvgIpc) is 2.77. The Labute approximate surface area is 193 Å². The van der Waals surface area contributed by atoms with Gasteiger partial charge in [-0.2, -0.15) is 8.78 Å². The number of benzene rings is 3. The molecule has 0 aromatic heterocycles. The van der Waals surface area contributed by atoms with Crippen LogP contribution in [0.4, 0.5) is 26.3 Å². The van der Waals surface area contributed by atoms with E-state index in [2.05, 4.69) is 4.74 Å². The first kappa shape index (κ1) is 25.5. The maximum absolute atomic E-state index is 15.1. The van der Waals surface area contributed by atoms with E-state index in [9.17, 15) is 27.1 Å². The first-order valence-electron chi connectivity index (χ1n) is 10.9. The van der Waals surface area contributed by atoms with Gasteiger partial charge in [0, 0.05) is 11.6 Å². The van der Waals surface area contributed by atoms with Gasteiger partial charge < -0.3 is 4.74 Å². The molecular formula is C26H23F6O2. The van der Waals surface area contributed by atoms with Crippen molar-refractivity contribution in [3.8, 4) is 22.6 Å². The lowest BCUT2D eigenvalue weighted by atomic mass is 9.97. The van der Waals surface area contributed by atoms with Crippen molar-refractivity contribution in [3.05, 3.63) is 82.4 Å². The van der Waals surface area contributed by atoms with Gasteiger partial charge in [0.2, 0.25) is 0 Å². The number of aryl methyl sites for hydroxylation is 2. The van der Waals surface area contributed by atoms with E-state index in [0.29, 0.717) is 0 Å². The standard InChI is InChI=1S/C26H23F6O2/c1-3-5-6-7-15-8-11-17(12-9-15)34-26(31,32)22-19(27)14-20(33)21(25(22)30)18-13-10-16(4-2)23(28)24(18)29/h8-14H,3-7H2,1-2H3. The summed E-state index contributed by atoms with van der Waals surface area (Å²) in [6.07, 6.45) is -0.746. The average molecular weight is 481 g/mol. The van der Waals surface area contributed by atoms with E-state index in [4.69, 9.17) is 0 Å². The number of halogens is 6. The first-order valence-corrected chi connectivity index (χ1v) is 10.9. The summed E-state index contributed by atoms with van der Waals surface area (Å²) in [6.45, 7) is 3.59. The van der Waals surface area contributed by atoms with Crippen molar-refractivity contribution in [2.24, 2.45) is 0 Å². The molecule has 0 aliphatic carbocycles. The van der Waals surface area contributed by atoms with Crippen molar-refractivity contribution < 1.29 is 36.2 Å². The van der Waals surface area contributed by atoms with Crippen LogP contribution in [-0.2, 0) is 24.1 Å². The summed E-state index contributed by atoms with van der Waals surface area (Å²) in [4.78, 5) is 0. The van der Waals surface area contributed by atoms with E-state index >= 15 is 4.39 Å². The Morgan fingerprint density at radius 2 is 1.53 bits per heavy atom.